The van der Waals surface area contributed by atoms with Crippen LogP contribution in [0.4, 0.5) is 5.69 Å². The maximum Gasteiger partial charge on any atom is 0.237 e. The molecule has 4 rings (SSSR count). The summed E-state index contributed by atoms with van der Waals surface area (Å²) in [7, 11) is 0. The second kappa shape index (κ2) is 9.13. The lowest BCUT2D eigenvalue weighted by atomic mass is 10.1. The quantitative estimate of drug-likeness (QED) is 0.386. The molecule has 0 aliphatic carbocycles. The molecule has 0 spiro atoms. The summed E-state index contributed by atoms with van der Waals surface area (Å²) in [4.78, 5) is 15.0. The monoisotopic (exact) mass is 416 g/mol. The van der Waals surface area contributed by atoms with E-state index in [1.54, 1.807) is 0 Å². The number of thioether (sulfide) groups is 1. The van der Waals surface area contributed by atoms with E-state index in [9.17, 15) is 4.79 Å². The van der Waals surface area contributed by atoms with Crippen molar-refractivity contribution >= 4 is 34.1 Å². The lowest BCUT2D eigenvalue weighted by Crippen LogP contribution is -2.32. The molecule has 1 aromatic heterocycles. The van der Waals surface area contributed by atoms with Gasteiger partial charge in [0, 0.05) is 24.0 Å². The van der Waals surface area contributed by atoms with Crippen molar-refractivity contribution in [3.05, 3.63) is 72.8 Å². The summed E-state index contributed by atoms with van der Waals surface area (Å²) in [5.74, 6) is 1.20. The topological polar surface area (TPSA) is 51.0 Å². The molecule has 0 aliphatic rings. The number of carbonyl (C=O) groups excluding carboxylic acids is 1. The molecule has 0 atom stereocenters. The van der Waals surface area contributed by atoms with E-state index in [4.69, 9.17) is 0 Å². The normalized spacial score (nSPS) is 11.0. The van der Waals surface area contributed by atoms with E-state index >= 15 is 0 Å². The standard InChI is InChI=1S/C24H24N4OS/c1-3-27(21-16-10-14-18-11-8-9-15-20(18)21)22(29)17-30-24-26-25-23(28(24)4-2)19-12-6-5-7-13-19/h5-16H,3-4,17H2,1-2H3. The molecule has 5 nitrogen and oxygen atoms in total. The Bertz CT molecular complexity index is 1150. The zero-order valence-electron chi connectivity index (χ0n) is 17.2. The van der Waals surface area contributed by atoms with Crippen LogP contribution in [0.5, 0.6) is 0 Å². The highest BCUT2D eigenvalue weighted by Crippen LogP contribution is 2.28. The largest absolute Gasteiger partial charge is 0.311 e. The molecule has 0 bridgehead atoms. The van der Waals surface area contributed by atoms with Crippen LogP contribution in [0, 0.1) is 0 Å². The summed E-state index contributed by atoms with van der Waals surface area (Å²) < 4.78 is 2.06. The van der Waals surface area contributed by atoms with Gasteiger partial charge in [-0.05, 0) is 25.3 Å². The highest BCUT2D eigenvalue weighted by Gasteiger charge is 2.19. The summed E-state index contributed by atoms with van der Waals surface area (Å²) in [5.41, 5.74) is 1.97. The number of nitrogens with zero attached hydrogens (tertiary/aromatic N) is 4. The Morgan fingerprint density at radius 2 is 1.67 bits per heavy atom. The molecule has 0 saturated heterocycles. The molecule has 1 heterocycles. The number of fused-ring (bicyclic) bond motifs is 1. The number of carbonyl (C=O) groups is 1. The molecule has 4 aromatic rings. The molecule has 0 radical (unpaired) electrons. The van der Waals surface area contributed by atoms with Crippen LogP contribution in [0.2, 0.25) is 0 Å². The third kappa shape index (κ3) is 3.96. The van der Waals surface area contributed by atoms with Crippen LogP contribution >= 0.6 is 11.8 Å². The van der Waals surface area contributed by atoms with Crippen molar-refractivity contribution < 1.29 is 4.79 Å². The molecule has 1 amide bonds. The van der Waals surface area contributed by atoms with Gasteiger partial charge in [-0.1, -0.05) is 78.5 Å². The molecule has 0 fully saturated rings. The van der Waals surface area contributed by atoms with E-state index in [-0.39, 0.29) is 5.91 Å². The van der Waals surface area contributed by atoms with E-state index in [0.29, 0.717) is 12.3 Å². The van der Waals surface area contributed by atoms with Gasteiger partial charge in [0.15, 0.2) is 11.0 Å². The second-order valence-electron chi connectivity index (χ2n) is 6.84. The van der Waals surface area contributed by atoms with Crippen molar-refractivity contribution in [3.63, 3.8) is 0 Å². The highest BCUT2D eigenvalue weighted by molar-refractivity contribution is 7.99. The van der Waals surface area contributed by atoms with Crippen LogP contribution in [-0.2, 0) is 11.3 Å². The summed E-state index contributed by atoms with van der Waals surface area (Å²) in [6.07, 6.45) is 0. The van der Waals surface area contributed by atoms with Gasteiger partial charge in [-0.3, -0.25) is 4.79 Å². The molecule has 3 aromatic carbocycles. The van der Waals surface area contributed by atoms with E-state index in [0.717, 1.165) is 39.5 Å². The number of hydrogen-bond donors (Lipinski definition) is 0. The zero-order chi connectivity index (χ0) is 20.9. The smallest absolute Gasteiger partial charge is 0.237 e. The van der Waals surface area contributed by atoms with Gasteiger partial charge >= 0.3 is 0 Å². The lowest BCUT2D eigenvalue weighted by Gasteiger charge is -2.22. The van der Waals surface area contributed by atoms with Gasteiger partial charge in [0.2, 0.25) is 5.91 Å². The number of aromatic nitrogens is 3. The molecule has 6 heteroatoms. The molecular formula is C24H24N4OS. The molecule has 0 aliphatic heterocycles. The summed E-state index contributed by atoms with van der Waals surface area (Å²) in [6.45, 7) is 5.43. The number of amides is 1. The number of rotatable bonds is 7. The van der Waals surface area contributed by atoms with Crippen molar-refractivity contribution in [3.8, 4) is 11.4 Å². The third-order valence-corrected chi connectivity index (χ3v) is 6.02. The van der Waals surface area contributed by atoms with Crippen molar-refractivity contribution in [2.45, 2.75) is 25.5 Å². The van der Waals surface area contributed by atoms with Crippen molar-refractivity contribution in [2.24, 2.45) is 0 Å². The Balaban J connectivity index is 1.55. The van der Waals surface area contributed by atoms with E-state index in [1.807, 2.05) is 66.4 Å². The van der Waals surface area contributed by atoms with Crippen LogP contribution in [0.3, 0.4) is 0 Å². The minimum Gasteiger partial charge on any atom is -0.311 e. The predicted molar refractivity (Wildman–Crippen MR) is 124 cm³/mol. The van der Waals surface area contributed by atoms with Crippen LogP contribution in [-0.4, -0.2) is 33.0 Å². The first-order chi connectivity index (χ1) is 14.7. The van der Waals surface area contributed by atoms with E-state index in [2.05, 4.69) is 39.9 Å². The minimum atomic E-state index is 0.0609. The Hall–Kier alpha value is -3.12. The van der Waals surface area contributed by atoms with Gasteiger partial charge in [-0.2, -0.15) is 0 Å². The van der Waals surface area contributed by atoms with Crippen LogP contribution in [0.1, 0.15) is 13.8 Å². The Kier molecular flexibility index (Phi) is 6.14. The van der Waals surface area contributed by atoms with E-state index < -0.39 is 0 Å². The summed E-state index contributed by atoms with van der Waals surface area (Å²) >= 11 is 1.44. The lowest BCUT2D eigenvalue weighted by molar-refractivity contribution is -0.116. The average molecular weight is 417 g/mol. The van der Waals surface area contributed by atoms with Gasteiger partial charge in [-0.25, -0.2) is 0 Å². The number of anilines is 1. The maximum absolute atomic E-state index is 13.1. The predicted octanol–water partition coefficient (Wildman–Crippen LogP) is 5.26. The maximum atomic E-state index is 13.1. The molecule has 0 unspecified atom stereocenters. The highest BCUT2D eigenvalue weighted by atomic mass is 32.2. The van der Waals surface area contributed by atoms with Gasteiger partial charge in [0.25, 0.3) is 0 Å². The van der Waals surface area contributed by atoms with Crippen LogP contribution in [0.25, 0.3) is 22.2 Å². The molecule has 30 heavy (non-hydrogen) atoms. The minimum absolute atomic E-state index is 0.0609. The first-order valence-electron chi connectivity index (χ1n) is 10.1. The Morgan fingerprint density at radius 3 is 2.43 bits per heavy atom. The fraction of sp³-hybridized carbons (Fsp3) is 0.208. The Labute approximate surface area is 180 Å². The molecule has 0 saturated carbocycles. The average Bonchev–Trinajstić information content (AvgIpc) is 3.22. The van der Waals surface area contributed by atoms with Gasteiger partial charge < -0.3 is 9.47 Å². The van der Waals surface area contributed by atoms with Crippen molar-refractivity contribution in [1.29, 1.82) is 0 Å². The first kappa shape index (κ1) is 20.2. The molecule has 152 valence electrons. The van der Waals surface area contributed by atoms with Gasteiger partial charge in [-0.15, -0.1) is 10.2 Å². The van der Waals surface area contributed by atoms with Gasteiger partial charge in [0.1, 0.15) is 0 Å². The fourth-order valence-electron chi connectivity index (χ4n) is 3.61. The van der Waals surface area contributed by atoms with E-state index in [1.165, 1.54) is 11.8 Å². The molecular weight excluding hydrogens is 392 g/mol. The SMILES string of the molecule is CCN(C(=O)CSc1nnc(-c2ccccc2)n1CC)c1cccc2ccccc12. The van der Waals surface area contributed by atoms with Crippen molar-refractivity contribution in [2.75, 3.05) is 17.2 Å². The Morgan fingerprint density at radius 1 is 0.933 bits per heavy atom. The van der Waals surface area contributed by atoms with Crippen LogP contribution < -0.4 is 4.90 Å². The zero-order valence-corrected chi connectivity index (χ0v) is 18.0. The second-order valence-corrected chi connectivity index (χ2v) is 7.78. The van der Waals surface area contributed by atoms with Gasteiger partial charge in [0.05, 0.1) is 11.4 Å². The first-order valence-corrected chi connectivity index (χ1v) is 11.1. The van der Waals surface area contributed by atoms with Crippen LogP contribution in [0.15, 0.2) is 78.0 Å². The fourth-order valence-corrected chi connectivity index (χ4v) is 4.49. The number of benzene rings is 3. The van der Waals surface area contributed by atoms with Crippen molar-refractivity contribution in [1.82, 2.24) is 14.8 Å². The third-order valence-electron chi connectivity index (χ3n) is 5.06. The summed E-state index contributed by atoms with van der Waals surface area (Å²) in [6, 6.07) is 24.2. The molecule has 0 N–H and O–H groups in total. The number of hydrogen-bond acceptors (Lipinski definition) is 4. The summed E-state index contributed by atoms with van der Waals surface area (Å²) in [5, 5.41) is 11.7.